The number of amides is 1. The normalized spacial score (nSPS) is 17.3. The third kappa shape index (κ3) is 4.74. The monoisotopic (exact) mass is 488 g/mol. The van der Waals surface area contributed by atoms with E-state index in [1.165, 1.54) is 0 Å². The molecule has 0 aliphatic carbocycles. The Balaban J connectivity index is 1.65. The predicted octanol–water partition coefficient (Wildman–Crippen LogP) is 6.08. The van der Waals surface area contributed by atoms with Crippen molar-refractivity contribution in [2.75, 3.05) is 24.5 Å². The highest BCUT2D eigenvalue weighted by atomic mass is 35.5. The van der Waals surface area contributed by atoms with Gasteiger partial charge in [-0.05, 0) is 48.4 Å². The minimum atomic E-state index is -1.32. The first-order valence-electron chi connectivity index (χ1n) is 10.3. The van der Waals surface area contributed by atoms with Crippen LogP contribution in [0.1, 0.15) is 28.8 Å². The second-order valence-corrected chi connectivity index (χ2v) is 9.17. The number of aliphatic hydroxyl groups is 1. The lowest BCUT2D eigenvalue weighted by Gasteiger charge is -2.44. The van der Waals surface area contributed by atoms with Crippen molar-refractivity contribution in [1.29, 1.82) is 0 Å². The number of hydrogen-bond acceptors (Lipinski definition) is 3. The molecule has 0 bridgehead atoms. The van der Waals surface area contributed by atoms with Crippen LogP contribution in [0, 0.1) is 6.92 Å². The van der Waals surface area contributed by atoms with Crippen LogP contribution >= 0.6 is 34.8 Å². The van der Waals surface area contributed by atoms with Gasteiger partial charge < -0.3 is 14.9 Å². The van der Waals surface area contributed by atoms with Crippen molar-refractivity contribution in [3.8, 4) is 0 Å². The number of nitrogens with zero attached hydrogens (tertiary/aromatic N) is 2. The summed E-state index contributed by atoms with van der Waals surface area (Å²) >= 11 is 18.9. The van der Waals surface area contributed by atoms with Gasteiger partial charge in [0.05, 0.1) is 16.8 Å². The number of benzene rings is 3. The first-order valence-corrected chi connectivity index (χ1v) is 11.5. The first kappa shape index (κ1) is 22.9. The highest BCUT2D eigenvalue weighted by molar-refractivity contribution is 6.33. The molecule has 166 valence electrons. The fraction of sp³-hybridized carbons (Fsp3) is 0.240. The van der Waals surface area contributed by atoms with Gasteiger partial charge in [-0.1, -0.05) is 71.2 Å². The van der Waals surface area contributed by atoms with Crippen molar-refractivity contribution in [3.63, 3.8) is 0 Å². The topological polar surface area (TPSA) is 43.8 Å². The lowest BCUT2D eigenvalue weighted by molar-refractivity contribution is -0.141. The average molecular weight is 490 g/mol. The molecule has 2 atom stereocenters. The van der Waals surface area contributed by atoms with Crippen LogP contribution in [0.15, 0.2) is 66.7 Å². The Bertz CT molecular complexity index is 1120. The van der Waals surface area contributed by atoms with Gasteiger partial charge in [0, 0.05) is 35.2 Å². The van der Waals surface area contributed by atoms with Crippen LogP contribution in [-0.2, 0) is 4.79 Å². The van der Waals surface area contributed by atoms with Crippen LogP contribution in [-0.4, -0.2) is 35.5 Å². The maximum Gasteiger partial charge on any atom is 0.256 e. The Kier molecular flexibility index (Phi) is 6.96. The molecule has 7 heteroatoms. The zero-order valence-electron chi connectivity index (χ0n) is 17.5. The van der Waals surface area contributed by atoms with Crippen molar-refractivity contribution in [1.82, 2.24) is 4.90 Å². The van der Waals surface area contributed by atoms with Gasteiger partial charge in [0.25, 0.3) is 5.91 Å². The number of piperazine rings is 1. The number of carbonyl (C=O) groups excluding carboxylic acids is 1. The van der Waals surface area contributed by atoms with Crippen molar-refractivity contribution in [2.45, 2.75) is 19.1 Å². The molecular weight excluding hydrogens is 467 g/mol. The standard InChI is InChI=1S/C25H23Cl3N2O2/c1-16-6-11-22(21(28)14-16)30-13-12-29(15-23(30)17-7-9-18(26)10-8-17)25(32)24(31)19-4-2-3-5-20(19)27/h2-11,14,23-24,31H,12-13,15H2,1H3/t23-,24+/m0/s1. The first-order chi connectivity index (χ1) is 15.3. The van der Waals surface area contributed by atoms with E-state index in [1.807, 2.05) is 49.4 Å². The van der Waals surface area contributed by atoms with Gasteiger partial charge >= 0.3 is 0 Å². The smallest absolute Gasteiger partial charge is 0.256 e. The van der Waals surface area contributed by atoms with E-state index in [1.54, 1.807) is 29.2 Å². The maximum atomic E-state index is 13.2. The number of hydrogen-bond donors (Lipinski definition) is 1. The predicted molar refractivity (Wildman–Crippen MR) is 131 cm³/mol. The highest BCUT2D eigenvalue weighted by Crippen LogP contribution is 2.37. The van der Waals surface area contributed by atoms with Crippen LogP contribution in [0.4, 0.5) is 5.69 Å². The Morgan fingerprint density at radius 1 is 0.969 bits per heavy atom. The summed E-state index contributed by atoms with van der Waals surface area (Å²) < 4.78 is 0. The molecule has 0 unspecified atom stereocenters. The lowest BCUT2D eigenvalue weighted by Crippen LogP contribution is -2.51. The summed E-state index contributed by atoms with van der Waals surface area (Å²) in [6.45, 7) is 3.41. The molecule has 4 rings (SSSR count). The van der Waals surface area contributed by atoms with E-state index in [9.17, 15) is 9.90 Å². The molecule has 32 heavy (non-hydrogen) atoms. The van der Waals surface area contributed by atoms with Crippen LogP contribution < -0.4 is 4.90 Å². The molecule has 4 nitrogen and oxygen atoms in total. The Hall–Kier alpha value is -2.24. The third-order valence-corrected chi connectivity index (χ3v) is 6.69. The van der Waals surface area contributed by atoms with E-state index < -0.39 is 6.10 Å². The van der Waals surface area contributed by atoms with Crippen LogP contribution in [0.2, 0.25) is 15.1 Å². The molecule has 0 radical (unpaired) electrons. The summed E-state index contributed by atoms with van der Waals surface area (Å²) in [7, 11) is 0. The lowest BCUT2D eigenvalue weighted by atomic mass is 9.99. The number of carbonyl (C=O) groups is 1. The van der Waals surface area contributed by atoms with Gasteiger partial charge in [0.15, 0.2) is 6.10 Å². The summed E-state index contributed by atoms with van der Waals surface area (Å²) in [5.41, 5.74) is 3.41. The van der Waals surface area contributed by atoms with Crippen molar-refractivity contribution < 1.29 is 9.90 Å². The zero-order chi connectivity index (χ0) is 22.8. The van der Waals surface area contributed by atoms with Crippen molar-refractivity contribution in [2.24, 2.45) is 0 Å². The van der Waals surface area contributed by atoms with Crippen LogP contribution in [0.3, 0.4) is 0 Å². The minimum Gasteiger partial charge on any atom is -0.378 e. The number of anilines is 1. The molecule has 1 aliphatic rings. The van der Waals surface area contributed by atoms with E-state index in [0.717, 1.165) is 16.8 Å². The van der Waals surface area contributed by atoms with Gasteiger partial charge in [-0.2, -0.15) is 0 Å². The molecule has 1 saturated heterocycles. The number of aryl methyl sites for hydroxylation is 1. The van der Waals surface area contributed by atoms with Crippen LogP contribution in [0.25, 0.3) is 0 Å². The van der Waals surface area contributed by atoms with E-state index in [-0.39, 0.29) is 11.9 Å². The SMILES string of the molecule is Cc1ccc(N2CCN(C(=O)[C@H](O)c3ccccc3Cl)C[C@H]2c2ccc(Cl)cc2)c(Cl)c1. The molecular formula is C25H23Cl3N2O2. The Morgan fingerprint density at radius 2 is 1.69 bits per heavy atom. The molecule has 0 aromatic heterocycles. The number of aliphatic hydroxyl groups excluding tert-OH is 1. The van der Waals surface area contributed by atoms with E-state index in [0.29, 0.717) is 40.3 Å². The Morgan fingerprint density at radius 3 is 2.38 bits per heavy atom. The van der Waals surface area contributed by atoms with Gasteiger partial charge in [-0.15, -0.1) is 0 Å². The van der Waals surface area contributed by atoms with Crippen molar-refractivity contribution >= 4 is 46.4 Å². The molecule has 3 aromatic carbocycles. The molecule has 1 N–H and O–H groups in total. The van der Waals surface area contributed by atoms with Gasteiger partial charge in [0.2, 0.25) is 0 Å². The minimum absolute atomic E-state index is 0.149. The Labute approximate surface area is 202 Å². The molecule has 1 heterocycles. The van der Waals surface area contributed by atoms with Crippen molar-refractivity contribution in [3.05, 3.63) is 98.5 Å². The summed E-state index contributed by atoms with van der Waals surface area (Å²) in [6, 6.07) is 20.3. The highest BCUT2D eigenvalue weighted by Gasteiger charge is 2.34. The van der Waals surface area contributed by atoms with E-state index in [4.69, 9.17) is 34.8 Å². The zero-order valence-corrected chi connectivity index (χ0v) is 19.8. The van der Waals surface area contributed by atoms with Gasteiger partial charge in [-0.3, -0.25) is 4.79 Å². The summed E-state index contributed by atoms with van der Waals surface area (Å²) in [5, 5.41) is 12.4. The van der Waals surface area contributed by atoms with E-state index in [2.05, 4.69) is 4.90 Å². The average Bonchev–Trinajstić information content (AvgIpc) is 2.79. The maximum absolute atomic E-state index is 13.2. The fourth-order valence-electron chi connectivity index (χ4n) is 4.09. The van der Waals surface area contributed by atoms with Gasteiger partial charge in [-0.25, -0.2) is 0 Å². The second-order valence-electron chi connectivity index (χ2n) is 7.92. The van der Waals surface area contributed by atoms with Crippen LogP contribution in [0.5, 0.6) is 0 Å². The molecule has 1 fully saturated rings. The molecule has 0 spiro atoms. The molecule has 1 aliphatic heterocycles. The summed E-state index contributed by atoms with van der Waals surface area (Å²) in [6.07, 6.45) is -1.32. The third-order valence-electron chi connectivity index (χ3n) is 5.79. The quantitative estimate of drug-likeness (QED) is 0.483. The largest absolute Gasteiger partial charge is 0.378 e. The molecule has 3 aromatic rings. The van der Waals surface area contributed by atoms with Gasteiger partial charge in [0.1, 0.15) is 0 Å². The second kappa shape index (κ2) is 9.72. The fourth-order valence-corrected chi connectivity index (χ4v) is 4.80. The summed E-state index contributed by atoms with van der Waals surface area (Å²) in [4.78, 5) is 17.1. The molecule has 0 saturated carbocycles. The number of rotatable bonds is 4. The number of halogens is 3. The van der Waals surface area contributed by atoms with E-state index >= 15 is 0 Å². The molecule has 1 amide bonds. The summed E-state index contributed by atoms with van der Waals surface area (Å²) in [5.74, 6) is -0.369.